The summed E-state index contributed by atoms with van der Waals surface area (Å²) in [6, 6.07) is 57.4. The average molecular weight is 1510 g/mol. The van der Waals surface area contributed by atoms with Crippen LogP contribution in [0.1, 0.15) is 272 Å². The highest BCUT2D eigenvalue weighted by atomic mass is 15.0. The molecule has 4 nitrogen and oxygen atoms in total. The fourth-order valence-electron chi connectivity index (χ4n) is 20.8. The normalized spacial score (nSPS) is 17.7. The molecule has 9 aromatic carbocycles. The molecule has 2 fully saturated rings. The fraction of sp³-hybridized carbons (Fsp3) is 0.418. The summed E-state index contributed by atoms with van der Waals surface area (Å²) >= 11 is 0. The van der Waals surface area contributed by atoms with Gasteiger partial charge in [-0.2, -0.15) is 18.3 Å². The van der Waals surface area contributed by atoms with E-state index in [-0.39, 0.29) is 27.1 Å². The maximum Gasteiger partial charge on any atom is 0.221 e. The zero-order chi connectivity index (χ0) is 85.0. The van der Waals surface area contributed by atoms with Gasteiger partial charge < -0.3 is 0 Å². The van der Waals surface area contributed by atoms with Crippen molar-refractivity contribution in [2.45, 2.75) is 252 Å². The van der Waals surface area contributed by atoms with Crippen molar-refractivity contribution in [1.82, 2.24) is 0 Å². The molecular formula is C110H132N4+4. The lowest BCUT2D eigenvalue weighted by Crippen LogP contribution is -2.38. The van der Waals surface area contributed by atoms with Gasteiger partial charge in [0, 0.05) is 57.3 Å². The van der Waals surface area contributed by atoms with Crippen LogP contribution in [0.25, 0.3) is 98.9 Å². The van der Waals surface area contributed by atoms with Crippen LogP contribution in [0.5, 0.6) is 0 Å². The number of hydrogen-bond donors (Lipinski definition) is 0. The maximum absolute atomic E-state index is 8.90. The molecule has 114 heavy (non-hydrogen) atoms. The summed E-state index contributed by atoms with van der Waals surface area (Å²) in [5, 5.41) is 11.7. The van der Waals surface area contributed by atoms with Gasteiger partial charge >= 0.3 is 0 Å². The summed E-state index contributed by atoms with van der Waals surface area (Å²) in [6.45, 7) is 49.3. The van der Waals surface area contributed by atoms with E-state index in [1.165, 1.54) is 173 Å². The Morgan fingerprint density at radius 1 is 0.325 bits per heavy atom. The van der Waals surface area contributed by atoms with Crippen molar-refractivity contribution in [2.24, 2.45) is 49.9 Å². The number of rotatable bonds is 7. The molecule has 4 heterocycles. The number of pyridine rings is 4. The third-order valence-electron chi connectivity index (χ3n) is 26.5. The Balaban J connectivity index is 0.000000123. The molecule has 6 aliphatic rings. The second-order valence-corrected chi connectivity index (χ2v) is 41.1. The van der Waals surface area contributed by atoms with Crippen LogP contribution in [0, 0.1) is 77.0 Å². The van der Waals surface area contributed by atoms with Crippen LogP contribution in [0.15, 0.2) is 170 Å². The zero-order valence-corrected chi connectivity index (χ0v) is 74.2. The molecule has 4 heteroatoms. The Bertz CT molecular complexity index is 6270. The van der Waals surface area contributed by atoms with Crippen LogP contribution in [-0.2, 0) is 59.3 Å². The van der Waals surface area contributed by atoms with Gasteiger partial charge in [-0.1, -0.05) is 206 Å². The number of benzene rings is 9. The molecule has 0 amide bonds. The number of aryl methyl sites for hydroxylation is 4. The van der Waals surface area contributed by atoms with Crippen molar-refractivity contribution in [1.29, 1.82) is 0 Å². The summed E-state index contributed by atoms with van der Waals surface area (Å²) in [5.41, 5.74) is 35.0. The van der Waals surface area contributed by atoms with Gasteiger partial charge in [0.25, 0.3) is 0 Å². The highest BCUT2D eigenvalue weighted by molar-refractivity contribution is 6.02. The quantitative estimate of drug-likeness (QED) is 0.141. The minimum Gasteiger partial charge on any atom is -0.198 e. The lowest BCUT2D eigenvalue weighted by molar-refractivity contribution is -0.665. The van der Waals surface area contributed by atoms with E-state index in [9.17, 15) is 0 Å². The largest absolute Gasteiger partial charge is 0.221 e. The van der Waals surface area contributed by atoms with Gasteiger partial charge in [0.1, 0.15) is 28.2 Å². The van der Waals surface area contributed by atoms with Crippen LogP contribution >= 0.6 is 0 Å². The predicted molar refractivity (Wildman–Crippen MR) is 486 cm³/mol. The van der Waals surface area contributed by atoms with E-state index < -0.39 is 0 Å². The summed E-state index contributed by atoms with van der Waals surface area (Å²) in [7, 11) is 8.46. The molecule has 588 valence electrons. The van der Waals surface area contributed by atoms with Crippen molar-refractivity contribution in [3.8, 4) is 45.0 Å². The van der Waals surface area contributed by atoms with Crippen LogP contribution in [0.3, 0.4) is 0 Å². The van der Waals surface area contributed by atoms with E-state index in [1.807, 2.05) is 0 Å². The highest BCUT2D eigenvalue weighted by Crippen LogP contribution is 2.56. The third kappa shape index (κ3) is 15.6. The van der Waals surface area contributed by atoms with E-state index in [0.717, 1.165) is 99.1 Å². The van der Waals surface area contributed by atoms with E-state index in [0.29, 0.717) is 24.2 Å². The van der Waals surface area contributed by atoms with Gasteiger partial charge in [-0.25, -0.2) is 0 Å². The second kappa shape index (κ2) is 29.9. The Kier molecular flexibility index (Phi) is 19.6. The fourth-order valence-corrected chi connectivity index (χ4v) is 20.8. The van der Waals surface area contributed by atoms with E-state index in [4.69, 9.17) is 5.48 Å². The van der Waals surface area contributed by atoms with Crippen molar-refractivity contribution < 1.29 is 23.8 Å². The first kappa shape index (κ1) is 75.0. The lowest BCUT2D eigenvalue weighted by atomic mass is 9.66. The first-order valence-corrected chi connectivity index (χ1v) is 43.0. The van der Waals surface area contributed by atoms with Crippen LogP contribution in [-0.4, -0.2) is 0 Å². The predicted octanol–water partition coefficient (Wildman–Crippen LogP) is 27.1. The molecule has 13 aromatic rings. The van der Waals surface area contributed by atoms with Crippen molar-refractivity contribution >= 4 is 53.9 Å². The number of aromatic nitrogens is 4. The summed E-state index contributed by atoms with van der Waals surface area (Å²) in [5.74, 6) is 3.07. The van der Waals surface area contributed by atoms with E-state index >= 15 is 0 Å². The van der Waals surface area contributed by atoms with Crippen LogP contribution < -0.4 is 18.3 Å². The molecule has 2 saturated carbocycles. The van der Waals surface area contributed by atoms with Gasteiger partial charge in [-0.15, -0.1) is 0 Å². The van der Waals surface area contributed by atoms with E-state index in [2.05, 4.69) is 344 Å². The van der Waals surface area contributed by atoms with E-state index in [1.54, 1.807) is 22.3 Å². The first-order chi connectivity index (χ1) is 55.4. The molecule has 0 radical (unpaired) electrons. The average Bonchev–Trinajstić information content (AvgIpc) is 0.899. The minimum atomic E-state index is -0.0881. The Labute approximate surface area is 690 Å². The second-order valence-electron chi connectivity index (χ2n) is 41.1. The standard InChI is InChI=1S/C29H36N.C28H34N.C27H30N.C26H32N/c1-18-13-26-21-8-10-22(11-9-21)27(26)16-25(18)28-24-12-7-20(17-29(3,4)5)15-23(24)14-19(2)30(28)6;1-17-11-25-20-8-9-21(14-20)26(25)15-24(17)27-23-10-7-19(16-28(3,4)5)13-22(23)12-18(2)29(27)6;1-18-13-21-9-7-8-10-22(21)16-25(18)26-24-12-11-20(17-27(3,4)5)15-23(24)14-19(2)28(26)6;1-16-10-9-11-20-22(16)24-23-19(12-17(2)27(24)8)13-18(15-25(3,4)5)14-21(23)26(20,6)7/h7,12-16,21-22H,8-11,17H2,1-6H3;7,10-13,15,20-21H,8-9,14,16H2,1-6H3;7-16H,17H2,1-6H3;9-14H,15H2,1-8H3/q4*+1/i14D;12D;14D;12D. The molecule has 0 N–H and O–H groups in total. The molecule has 2 atom stereocenters. The summed E-state index contributed by atoms with van der Waals surface area (Å²) in [6.07, 6.45) is 13.6. The number of nitrogens with zero attached hydrogens (tertiary/aromatic N) is 4. The van der Waals surface area contributed by atoms with Gasteiger partial charge in [0.05, 0.1) is 49.3 Å². The highest BCUT2D eigenvalue weighted by Gasteiger charge is 2.42. The van der Waals surface area contributed by atoms with Gasteiger partial charge in [-0.05, 0) is 290 Å². The molecule has 2 unspecified atom stereocenters. The summed E-state index contributed by atoms with van der Waals surface area (Å²) in [4.78, 5) is 0. The third-order valence-corrected chi connectivity index (χ3v) is 26.5. The van der Waals surface area contributed by atoms with Crippen LogP contribution in [0.4, 0.5) is 0 Å². The molecule has 6 aliphatic carbocycles. The molecule has 0 spiro atoms. The topological polar surface area (TPSA) is 15.5 Å². The lowest BCUT2D eigenvalue weighted by Gasteiger charge is -2.38. The van der Waals surface area contributed by atoms with Crippen molar-refractivity contribution in [2.75, 3.05) is 0 Å². The molecule has 4 aromatic heterocycles. The van der Waals surface area contributed by atoms with Gasteiger partial charge in [0.15, 0.2) is 22.8 Å². The minimum absolute atomic E-state index is 0.0881. The Morgan fingerprint density at radius 2 is 0.667 bits per heavy atom. The molecule has 19 rings (SSSR count). The van der Waals surface area contributed by atoms with Crippen molar-refractivity contribution in [3.05, 3.63) is 270 Å². The monoisotopic (exact) mass is 1510 g/mol. The smallest absolute Gasteiger partial charge is 0.198 e. The molecule has 4 bridgehead atoms. The Hall–Kier alpha value is -9.12. The molecular weight excluding hydrogens is 1380 g/mol. The number of fused-ring (bicyclic) bond motifs is 13. The molecule has 0 aliphatic heterocycles. The number of hydrogen-bond acceptors (Lipinski definition) is 0. The molecule has 0 saturated heterocycles. The Morgan fingerprint density at radius 3 is 1.10 bits per heavy atom. The van der Waals surface area contributed by atoms with Gasteiger partial charge in [0.2, 0.25) is 22.8 Å². The maximum atomic E-state index is 8.90. The SMILES string of the molecule is [2H]c1c(C)[n+](C)c(-c2cc3c(cc2C)C2CCC3C2)c2ccc(CC(C)(C)C)cc12.[2H]c1c(C)[n+](C)c(-c2cc3c(cc2C)C2CCC3CC2)c2ccc(CC(C)(C)C)cc12.[2H]c1c(C)[n+](C)c(-c2cc3ccccc3cc2C)c2ccc(CC(C)(C)C)cc12.[2H]c1c(C)[n+](C)c2c3c(cc(CC(C)(C)C)cc13)C(C)(C)c1cccc(C)c1-2. The van der Waals surface area contributed by atoms with Crippen LogP contribution in [0.2, 0.25) is 0 Å². The zero-order valence-electron chi connectivity index (χ0n) is 78.2. The first-order valence-electron chi connectivity index (χ1n) is 45.0. The summed E-state index contributed by atoms with van der Waals surface area (Å²) < 4.78 is 44.3. The van der Waals surface area contributed by atoms with Crippen molar-refractivity contribution in [3.63, 3.8) is 0 Å². The van der Waals surface area contributed by atoms with Gasteiger partial charge in [-0.3, -0.25) is 0 Å².